The Balaban J connectivity index is 1.55. The third kappa shape index (κ3) is 3.37. The maximum Gasteiger partial charge on any atom is 0.263 e. The van der Waals surface area contributed by atoms with E-state index in [1.807, 2.05) is 22.9 Å². The van der Waals surface area contributed by atoms with Gasteiger partial charge in [-0.2, -0.15) is 0 Å². The minimum atomic E-state index is -0.202. The Labute approximate surface area is 152 Å². The molecular formula is C17H17N3O3S2. The number of nitrogens with one attached hydrogen (secondary N) is 1. The molecule has 4 heterocycles. The molecule has 1 unspecified atom stereocenters. The minimum absolute atomic E-state index is 0.0335. The van der Waals surface area contributed by atoms with Crippen LogP contribution >= 0.6 is 22.7 Å². The fraction of sp³-hybridized carbons (Fsp3) is 0.353. The first-order chi connectivity index (χ1) is 12.2. The summed E-state index contributed by atoms with van der Waals surface area (Å²) >= 11 is 3.03. The largest absolute Gasteiger partial charge is 0.376 e. The van der Waals surface area contributed by atoms with Gasteiger partial charge in [-0.25, -0.2) is 4.98 Å². The van der Waals surface area contributed by atoms with Crippen LogP contribution in [-0.2, 0) is 16.1 Å². The molecule has 8 heteroatoms. The monoisotopic (exact) mass is 375 g/mol. The Bertz CT molecular complexity index is 940. The second-order valence-corrected chi connectivity index (χ2v) is 7.73. The Hall–Kier alpha value is -2.03. The summed E-state index contributed by atoms with van der Waals surface area (Å²) in [4.78, 5) is 31.1. The molecule has 0 saturated carbocycles. The van der Waals surface area contributed by atoms with Crippen molar-refractivity contribution < 1.29 is 9.53 Å². The van der Waals surface area contributed by atoms with Gasteiger partial charge in [0, 0.05) is 29.0 Å². The van der Waals surface area contributed by atoms with Crippen molar-refractivity contribution in [3.63, 3.8) is 0 Å². The highest BCUT2D eigenvalue weighted by Crippen LogP contribution is 2.33. The average molecular weight is 375 g/mol. The highest BCUT2D eigenvalue weighted by molar-refractivity contribution is 7.18. The van der Waals surface area contributed by atoms with Crippen LogP contribution in [0.4, 0.5) is 0 Å². The van der Waals surface area contributed by atoms with Crippen LogP contribution in [0.2, 0.25) is 0 Å². The third-order valence-electron chi connectivity index (χ3n) is 4.21. The zero-order chi connectivity index (χ0) is 17.2. The number of aromatic nitrogens is 2. The summed E-state index contributed by atoms with van der Waals surface area (Å²) < 4.78 is 6.86. The molecule has 1 fully saturated rings. The van der Waals surface area contributed by atoms with Gasteiger partial charge in [0.15, 0.2) is 0 Å². The van der Waals surface area contributed by atoms with Gasteiger partial charge in [-0.15, -0.1) is 22.7 Å². The molecule has 25 heavy (non-hydrogen) atoms. The second-order valence-electron chi connectivity index (χ2n) is 5.92. The summed E-state index contributed by atoms with van der Waals surface area (Å²) in [6.07, 6.45) is 3.53. The number of hydrogen-bond acceptors (Lipinski definition) is 6. The van der Waals surface area contributed by atoms with E-state index in [9.17, 15) is 9.59 Å². The molecule has 1 saturated heterocycles. The molecule has 1 aliphatic heterocycles. The minimum Gasteiger partial charge on any atom is -0.376 e. The van der Waals surface area contributed by atoms with Crippen LogP contribution in [0.1, 0.15) is 12.8 Å². The summed E-state index contributed by atoms with van der Waals surface area (Å²) in [5.41, 5.74) is 0.712. The SMILES string of the molecule is O=C(Cn1cnc2scc(-c3cccs3)c2c1=O)NCC1CCCO1. The van der Waals surface area contributed by atoms with Crippen LogP contribution in [0.15, 0.2) is 34.0 Å². The van der Waals surface area contributed by atoms with Crippen LogP contribution in [-0.4, -0.2) is 34.7 Å². The van der Waals surface area contributed by atoms with Crippen molar-refractivity contribution in [3.8, 4) is 10.4 Å². The average Bonchev–Trinajstić information content (AvgIpc) is 3.36. The molecule has 1 atom stereocenters. The molecular weight excluding hydrogens is 358 g/mol. The van der Waals surface area contributed by atoms with Crippen LogP contribution in [0.5, 0.6) is 0 Å². The molecule has 130 valence electrons. The van der Waals surface area contributed by atoms with Gasteiger partial charge in [-0.1, -0.05) is 6.07 Å². The van der Waals surface area contributed by atoms with Gasteiger partial charge in [0.05, 0.1) is 17.8 Å². The van der Waals surface area contributed by atoms with E-state index in [-0.39, 0.29) is 24.1 Å². The molecule has 1 aliphatic rings. The quantitative estimate of drug-likeness (QED) is 0.744. The van der Waals surface area contributed by atoms with E-state index < -0.39 is 0 Å². The number of carbonyl (C=O) groups is 1. The molecule has 3 aromatic heterocycles. The first-order valence-electron chi connectivity index (χ1n) is 8.11. The fourth-order valence-electron chi connectivity index (χ4n) is 2.94. The molecule has 1 N–H and O–H groups in total. The zero-order valence-corrected chi connectivity index (χ0v) is 15.1. The molecule has 0 aliphatic carbocycles. The Morgan fingerprint density at radius 2 is 2.36 bits per heavy atom. The van der Waals surface area contributed by atoms with Gasteiger partial charge in [0.2, 0.25) is 5.91 Å². The van der Waals surface area contributed by atoms with Crippen LogP contribution in [0.25, 0.3) is 20.7 Å². The van der Waals surface area contributed by atoms with E-state index in [1.165, 1.54) is 22.2 Å². The highest BCUT2D eigenvalue weighted by Gasteiger charge is 2.18. The number of fused-ring (bicyclic) bond motifs is 1. The van der Waals surface area contributed by atoms with Gasteiger partial charge in [-0.05, 0) is 24.3 Å². The molecule has 0 radical (unpaired) electrons. The van der Waals surface area contributed by atoms with Crippen molar-refractivity contribution in [1.29, 1.82) is 0 Å². The lowest BCUT2D eigenvalue weighted by Crippen LogP contribution is -2.36. The summed E-state index contributed by atoms with van der Waals surface area (Å²) in [5.74, 6) is -0.202. The Morgan fingerprint density at radius 3 is 3.12 bits per heavy atom. The van der Waals surface area contributed by atoms with Crippen molar-refractivity contribution in [3.05, 3.63) is 39.6 Å². The van der Waals surface area contributed by atoms with Gasteiger partial charge in [0.25, 0.3) is 5.56 Å². The van der Waals surface area contributed by atoms with E-state index in [2.05, 4.69) is 10.3 Å². The fourth-order valence-corrected chi connectivity index (χ4v) is 4.66. The maximum atomic E-state index is 12.8. The van der Waals surface area contributed by atoms with Gasteiger partial charge < -0.3 is 10.1 Å². The second kappa shape index (κ2) is 7.07. The molecule has 0 aromatic carbocycles. The third-order valence-corrected chi connectivity index (χ3v) is 6.00. The smallest absolute Gasteiger partial charge is 0.263 e. The van der Waals surface area contributed by atoms with Crippen molar-refractivity contribution in [1.82, 2.24) is 14.9 Å². The number of nitrogens with zero attached hydrogens (tertiary/aromatic N) is 2. The molecule has 3 aromatic rings. The molecule has 6 nitrogen and oxygen atoms in total. The summed E-state index contributed by atoms with van der Waals surface area (Å²) in [6.45, 7) is 1.21. The predicted octanol–water partition coefficient (Wildman–Crippen LogP) is 2.48. The topological polar surface area (TPSA) is 73.2 Å². The normalized spacial score (nSPS) is 17.2. The number of rotatable bonds is 5. The highest BCUT2D eigenvalue weighted by atomic mass is 32.1. The van der Waals surface area contributed by atoms with Gasteiger partial charge in [-0.3, -0.25) is 14.2 Å². The number of ether oxygens (including phenoxy) is 1. The van der Waals surface area contributed by atoms with Crippen molar-refractivity contribution >= 4 is 38.8 Å². The first-order valence-corrected chi connectivity index (χ1v) is 9.87. The Kier molecular flexibility index (Phi) is 4.65. The van der Waals surface area contributed by atoms with Crippen molar-refractivity contribution in [2.24, 2.45) is 0 Å². The maximum absolute atomic E-state index is 12.8. The van der Waals surface area contributed by atoms with Crippen LogP contribution in [0, 0.1) is 0 Å². The molecule has 0 bridgehead atoms. The van der Waals surface area contributed by atoms with Crippen molar-refractivity contribution in [2.75, 3.05) is 13.2 Å². The first kappa shape index (κ1) is 16.4. The summed E-state index contributed by atoms with van der Waals surface area (Å²) in [7, 11) is 0. The summed E-state index contributed by atoms with van der Waals surface area (Å²) in [6, 6.07) is 3.94. The lowest BCUT2D eigenvalue weighted by atomic mass is 10.2. The zero-order valence-electron chi connectivity index (χ0n) is 13.4. The van der Waals surface area contributed by atoms with Crippen LogP contribution in [0.3, 0.4) is 0 Å². The van der Waals surface area contributed by atoms with E-state index in [0.29, 0.717) is 16.8 Å². The van der Waals surface area contributed by atoms with E-state index in [4.69, 9.17) is 4.74 Å². The van der Waals surface area contributed by atoms with E-state index >= 15 is 0 Å². The van der Waals surface area contributed by atoms with Crippen molar-refractivity contribution in [2.45, 2.75) is 25.5 Å². The van der Waals surface area contributed by atoms with Gasteiger partial charge >= 0.3 is 0 Å². The number of thiophene rings is 2. The number of carbonyl (C=O) groups excluding carboxylic acids is 1. The standard InChI is InChI=1S/C17H17N3O3S2/c21-14(18-7-11-3-1-5-23-11)8-20-10-19-16-15(17(20)22)12(9-25-16)13-4-2-6-24-13/h2,4,6,9-11H,1,3,5,7-8H2,(H,18,21). The molecule has 0 spiro atoms. The van der Waals surface area contributed by atoms with Gasteiger partial charge in [0.1, 0.15) is 11.4 Å². The van der Waals surface area contributed by atoms with E-state index in [0.717, 1.165) is 29.9 Å². The molecule has 1 amide bonds. The van der Waals surface area contributed by atoms with Crippen LogP contribution < -0.4 is 10.9 Å². The molecule has 4 rings (SSSR count). The summed E-state index contributed by atoms with van der Waals surface area (Å²) in [5, 5.41) is 7.35. The lowest BCUT2D eigenvalue weighted by molar-refractivity contribution is -0.122. The van der Waals surface area contributed by atoms with E-state index in [1.54, 1.807) is 11.3 Å². The Morgan fingerprint density at radius 1 is 1.44 bits per heavy atom. The predicted molar refractivity (Wildman–Crippen MR) is 99.2 cm³/mol. The lowest BCUT2D eigenvalue weighted by Gasteiger charge is -2.11. The number of hydrogen-bond donors (Lipinski definition) is 1. The number of amides is 1.